The monoisotopic (exact) mass is 390 g/mol. The maximum Gasteiger partial charge on any atom is 0.159 e. The SMILES string of the molecule is CCCC[P+](CCCC)(CCCC)C(/C(C(C)=O)=C(/C)[O-])c1ccccc1. The fourth-order valence-electron chi connectivity index (χ4n) is 4.17. The second-order valence-electron chi connectivity index (χ2n) is 7.79. The Labute approximate surface area is 167 Å². The van der Waals surface area contributed by atoms with Gasteiger partial charge in [-0.05, 0) is 31.7 Å². The number of Topliss-reactive ketones (excluding diaryl/α,β-unsaturated/α-hetero) is 1. The molecule has 0 amide bonds. The van der Waals surface area contributed by atoms with E-state index in [2.05, 4.69) is 32.9 Å². The molecule has 0 radical (unpaired) electrons. The summed E-state index contributed by atoms with van der Waals surface area (Å²) in [6.45, 7) is 9.90. The molecule has 0 N–H and O–H groups in total. The normalized spacial score (nSPS) is 14.0. The summed E-state index contributed by atoms with van der Waals surface area (Å²) >= 11 is 0. The van der Waals surface area contributed by atoms with Crippen molar-refractivity contribution in [2.24, 2.45) is 0 Å². The molecule has 0 spiro atoms. The van der Waals surface area contributed by atoms with Crippen LogP contribution in [0.5, 0.6) is 0 Å². The summed E-state index contributed by atoms with van der Waals surface area (Å²) in [5.74, 6) is -0.0737. The number of hydrogen-bond donors (Lipinski definition) is 0. The van der Waals surface area contributed by atoms with Crippen molar-refractivity contribution in [3.05, 3.63) is 47.2 Å². The molecule has 2 nitrogen and oxygen atoms in total. The van der Waals surface area contributed by atoms with Gasteiger partial charge in [-0.2, -0.15) is 0 Å². The highest BCUT2D eigenvalue weighted by Gasteiger charge is 2.47. The number of hydrogen-bond acceptors (Lipinski definition) is 2. The van der Waals surface area contributed by atoms with Crippen molar-refractivity contribution in [2.75, 3.05) is 18.5 Å². The highest BCUT2D eigenvalue weighted by Crippen LogP contribution is 2.73. The predicted molar refractivity (Wildman–Crippen MR) is 119 cm³/mol. The fraction of sp³-hybridized carbons (Fsp3) is 0.625. The Balaban J connectivity index is 3.63. The van der Waals surface area contributed by atoms with Crippen LogP contribution in [0.25, 0.3) is 0 Å². The molecule has 1 unspecified atom stereocenters. The average Bonchev–Trinajstić information content (AvgIpc) is 2.66. The van der Waals surface area contributed by atoms with E-state index < -0.39 is 7.26 Å². The Morgan fingerprint density at radius 2 is 1.33 bits per heavy atom. The molecule has 1 aromatic carbocycles. The summed E-state index contributed by atoms with van der Waals surface area (Å²) in [6.07, 6.45) is 10.6. The zero-order valence-electron chi connectivity index (χ0n) is 18.1. The van der Waals surface area contributed by atoms with E-state index in [1.807, 2.05) is 18.2 Å². The summed E-state index contributed by atoms with van der Waals surface area (Å²) in [6, 6.07) is 10.4. The third-order valence-corrected chi connectivity index (χ3v) is 10.8. The van der Waals surface area contributed by atoms with Crippen molar-refractivity contribution in [3.63, 3.8) is 0 Å². The van der Waals surface area contributed by atoms with Crippen molar-refractivity contribution < 1.29 is 9.90 Å². The van der Waals surface area contributed by atoms with Crippen LogP contribution in [0, 0.1) is 0 Å². The Morgan fingerprint density at radius 3 is 1.67 bits per heavy atom. The van der Waals surface area contributed by atoms with Crippen LogP contribution >= 0.6 is 7.26 Å². The number of unbranched alkanes of at least 4 members (excludes halogenated alkanes) is 3. The molecule has 0 aliphatic carbocycles. The van der Waals surface area contributed by atoms with Crippen LogP contribution in [-0.4, -0.2) is 24.3 Å². The van der Waals surface area contributed by atoms with Gasteiger partial charge in [0.15, 0.2) is 5.78 Å². The highest BCUT2D eigenvalue weighted by atomic mass is 31.2. The molecule has 0 saturated heterocycles. The standard InChI is InChI=1S/C24H39O2P/c1-6-9-17-27(18-10-7-2,19-11-8-3)24(22-15-13-12-14-16-22)23(20(4)25)21(5)26/h12-16,24H,6-11,17-19H2,1-5H3. The molecule has 152 valence electrons. The van der Waals surface area contributed by atoms with Gasteiger partial charge in [0.05, 0.1) is 18.5 Å². The summed E-state index contributed by atoms with van der Waals surface area (Å²) in [4.78, 5) is 12.6. The second kappa shape index (κ2) is 12.3. The lowest BCUT2D eigenvalue weighted by atomic mass is 10.0. The quantitative estimate of drug-likeness (QED) is 0.223. The predicted octanol–water partition coefficient (Wildman–Crippen LogP) is 6.37. The Kier molecular flexibility index (Phi) is 10.9. The lowest BCUT2D eigenvalue weighted by Gasteiger charge is -2.38. The van der Waals surface area contributed by atoms with Gasteiger partial charge in [0, 0.05) is 12.8 Å². The van der Waals surface area contributed by atoms with Crippen molar-refractivity contribution in [1.29, 1.82) is 0 Å². The summed E-state index contributed by atoms with van der Waals surface area (Å²) in [5.41, 5.74) is 1.74. The number of benzene rings is 1. The number of ketones is 1. The third kappa shape index (κ3) is 6.75. The van der Waals surface area contributed by atoms with Crippen LogP contribution in [0.3, 0.4) is 0 Å². The average molecular weight is 391 g/mol. The molecule has 0 saturated carbocycles. The van der Waals surface area contributed by atoms with Gasteiger partial charge in [-0.3, -0.25) is 4.79 Å². The van der Waals surface area contributed by atoms with Gasteiger partial charge < -0.3 is 5.11 Å². The molecule has 0 aliphatic rings. The van der Waals surface area contributed by atoms with Gasteiger partial charge in [0.25, 0.3) is 0 Å². The first-order valence-electron chi connectivity index (χ1n) is 10.7. The molecular weight excluding hydrogens is 351 g/mol. The first kappa shape index (κ1) is 23.9. The number of allylic oxidation sites excluding steroid dienone is 2. The van der Waals surface area contributed by atoms with Crippen LogP contribution in [0.4, 0.5) is 0 Å². The molecule has 1 rings (SSSR count). The molecule has 0 heterocycles. The zero-order valence-corrected chi connectivity index (χ0v) is 19.0. The summed E-state index contributed by atoms with van der Waals surface area (Å²) in [7, 11) is -1.52. The first-order chi connectivity index (χ1) is 12.9. The van der Waals surface area contributed by atoms with Crippen LogP contribution in [0.2, 0.25) is 0 Å². The molecule has 0 bridgehead atoms. The molecule has 0 aliphatic heterocycles. The van der Waals surface area contributed by atoms with E-state index >= 15 is 0 Å². The van der Waals surface area contributed by atoms with Gasteiger partial charge in [-0.15, -0.1) is 5.76 Å². The molecule has 1 atom stereocenters. The molecule has 0 aromatic heterocycles. The molecule has 1 aromatic rings. The van der Waals surface area contributed by atoms with Crippen LogP contribution in [0.1, 0.15) is 84.4 Å². The van der Waals surface area contributed by atoms with Gasteiger partial charge >= 0.3 is 0 Å². The van der Waals surface area contributed by atoms with E-state index in [-0.39, 0.29) is 17.2 Å². The summed E-state index contributed by atoms with van der Waals surface area (Å²) < 4.78 is 0. The van der Waals surface area contributed by atoms with Gasteiger partial charge in [0.1, 0.15) is 5.66 Å². The maximum absolute atomic E-state index is 12.6. The molecule has 27 heavy (non-hydrogen) atoms. The minimum absolute atomic E-state index is 0.0124. The number of carbonyl (C=O) groups excluding carboxylic acids is 1. The van der Waals surface area contributed by atoms with Crippen molar-refractivity contribution in [1.82, 2.24) is 0 Å². The van der Waals surface area contributed by atoms with Gasteiger partial charge in [-0.1, -0.05) is 77.3 Å². The van der Waals surface area contributed by atoms with E-state index in [4.69, 9.17) is 0 Å². The minimum Gasteiger partial charge on any atom is -0.875 e. The van der Waals surface area contributed by atoms with Gasteiger partial charge in [0.2, 0.25) is 0 Å². The van der Waals surface area contributed by atoms with E-state index in [9.17, 15) is 9.90 Å². The van der Waals surface area contributed by atoms with Crippen molar-refractivity contribution in [2.45, 2.75) is 78.8 Å². The largest absolute Gasteiger partial charge is 0.875 e. The topological polar surface area (TPSA) is 40.1 Å². The Bertz CT molecular complexity index is 566. The van der Waals surface area contributed by atoms with Crippen LogP contribution in [-0.2, 0) is 4.79 Å². The second-order valence-corrected chi connectivity index (χ2v) is 12.1. The number of carbonyl (C=O) groups is 1. The molecule has 0 fully saturated rings. The molecule has 3 heteroatoms. The van der Waals surface area contributed by atoms with E-state index in [1.54, 1.807) is 13.8 Å². The molecular formula is C24H39O2P. The first-order valence-corrected chi connectivity index (χ1v) is 13.1. The highest BCUT2D eigenvalue weighted by molar-refractivity contribution is 7.76. The van der Waals surface area contributed by atoms with E-state index in [1.165, 1.54) is 43.3 Å². The van der Waals surface area contributed by atoms with Crippen molar-refractivity contribution >= 4 is 13.0 Å². The van der Waals surface area contributed by atoms with E-state index in [0.717, 1.165) is 19.3 Å². The Morgan fingerprint density at radius 1 is 0.889 bits per heavy atom. The Hall–Kier alpha value is -1.14. The zero-order chi connectivity index (χ0) is 20.3. The van der Waals surface area contributed by atoms with E-state index in [0.29, 0.717) is 5.57 Å². The lowest BCUT2D eigenvalue weighted by Crippen LogP contribution is -2.24. The smallest absolute Gasteiger partial charge is 0.159 e. The lowest BCUT2D eigenvalue weighted by molar-refractivity contribution is -0.303. The number of rotatable bonds is 13. The summed E-state index contributed by atoms with van der Waals surface area (Å²) in [5, 5.41) is 12.6. The van der Waals surface area contributed by atoms with Crippen LogP contribution < -0.4 is 5.11 Å². The van der Waals surface area contributed by atoms with Gasteiger partial charge in [-0.25, -0.2) is 0 Å². The van der Waals surface area contributed by atoms with Crippen molar-refractivity contribution in [3.8, 4) is 0 Å². The maximum atomic E-state index is 12.6. The fourth-order valence-corrected chi connectivity index (χ4v) is 10.2. The third-order valence-electron chi connectivity index (χ3n) is 5.57. The van der Waals surface area contributed by atoms with Crippen LogP contribution in [0.15, 0.2) is 41.7 Å². The minimum atomic E-state index is -1.52.